The molecule has 0 fully saturated rings. The summed E-state index contributed by atoms with van der Waals surface area (Å²) in [6.45, 7) is 4.13. The Kier molecular flexibility index (Phi) is 7.40. The van der Waals surface area contributed by atoms with Crippen LogP contribution >= 0.6 is 0 Å². The number of anilines is 1. The average molecular weight is 475 g/mol. The molecule has 3 aromatic carbocycles. The Balaban J connectivity index is 1.48. The second-order valence-corrected chi connectivity index (χ2v) is 8.41. The van der Waals surface area contributed by atoms with E-state index in [1.807, 2.05) is 54.6 Å². The van der Waals surface area contributed by atoms with Crippen LogP contribution in [0.1, 0.15) is 31.0 Å². The number of hydrogen-bond acceptors (Lipinski definition) is 5. The van der Waals surface area contributed by atoms with E-state index in [1.165, 1.54) is 16.7 Å². The molecule has 0 aliphatic rings. The molecule has 0 saturated heterocycles. The van der Waals surface area contributed by atoms with Crippen molar-refractivity contribution in [2.24, 2.45) is 0 Å². The Labute approximate surface area is 202 Å². The SMILES string of the molecule is CC(C)n1c(=O)nc(NCCc2ccc(Oc3ccccc3)cc2)n(Cc2ccc(F)cc2)c1=O. The Bertz CT molecular complexity index is 1380. The molecule has 180 valence electrons. The molecule has 0 spiro atoms. The molecule has 0 saturated carbocycles. The third kappa shape index (κ3) is 6.03. The average Bonchev–Trinajstić information content (AvgIpc) is 2.84. The molecule has 0 bridgehead atoms. The molecule has 1 aromatic heterocycles. The number of benzene rings is 3. The van der Waals surface area contributed by atoms with Gasteiger partial charge >= 0.3 is 11.4 Å². The zero-order chi connectivity index (χ0) is 24.8. The fourth-order valence-electron chi connectivity index (χ4n) is 3.67. The first kappa shape index (κ1) is 23.9. The summed E-state index contributed by atoms with van der Waals surface area (Å²) >= 11 is 0. The second kappa shape index (κ2) is 10.8. The highest BCUT2D eigenvalue weighted by Gasteiger charge is 2.15. The highest BCUT2D eigenvalue weighted by atomic mass is 19.1. The predicted molar refractivity (Wildman–Crippen MR) is 134 cm³/mol. The van der Waals surface area contributed by atoms with E-state index in [4.69, 9.17) is 4.74 Å². The molecule has 0 aliphatic carbocycles. The molecule has 0 atom stereocenters. The summed E-state index contributed by atoms with van der Waals surface area (Å²) in [5.74, 6) is 1.33. The normalized spacial score (nSPS) is 11.0. The van der Waals surface area contributed by atoms with Gasteiger partial charge in [-0.3, -0.25) is 4.57 Å². The van der Waals surface area contributed by atoms with Gasteiger partial charge in [0.05, 0.1) is 6.54 Å². The van der Waals surface area contributed by atoms with E-state index in [0.717, 1.165) is 27.2 Å². The number of hydrogen-bond donors (Lipinski definition) is 1. The van der Waals surface area contributed by atoms with Crippen molar-refractivity contribution >= 4 is 5.95 Å². The first-order valence-electron chi connectivity index (χ1n) is 11.4. The molecule has 0 amide bonds. The lowest BCUT2D eigenvalue weighted by molar-refractivity contribution is 0.482. The standard InChI is InChI=1S/C27H27FN4O3/c1-19(2)32-26(33)30-25(31(27(32)34)18-21-8-12-22(28)13-9-21)29-17-16-20-10-14-24(15-11-20)35-23-6-4-3-5-7-23/h3-15,19H,16-18H2,1-2H3,(H,29,30,33). The van der Waals surface area contributed by atoms with Crippen molar-refractivity contribution in [2.45, 2.75) is 32.9 Å². The number of para-hydroxylation sites is 1. The van der Waals surface area contributed by atoms with Crippen LogP contribution in [0, 0.1) is 5.82 Å². The van der Waals surface area contributed by atoms with Crippen LogP contribution in [0.15, 0.2) is 88.5 Å². The Morgan fingerprint density at radius 2 is 1.51 bits per heavy atom. The Morgan fingerprint density at radius 1 is 0.886 bits per heavy atom. The minimum Gasteiger partial charge on any atom is -0.457 e. The van der Waals surface area contributed by atoms with Crippen molar-refractivity contribution in [1.82, 2.24) is 14.1 Å². The lowest BCUT2D eigenvalue weighted by Crippen LogP contribution is -2.44. The minimum absolute atomic E-state index is 0.160. The number of halogens is 1. The fourth-order valence-corrected chi connectivity index (χ4v) is 3.67. The van der Waals surface area contributed by atoms with Crippen LogP contribution < -0.4 is 21.4 Å². The first-order chi connectivity index (χ1) is 16.9. The minimum atomic E-state index is -0.606. The summed E-state index contributed by atoms with van der Waals surface area (Å²) in [7, 11) is 0. The molecule has 1 N–H and O–H groups in total. The van der Waals surface area contributed by atoms with Crippen LogP contribution in [-0.2, 0) is 13.0 Å². The number of nitrogens with zero attached hydrogens (tertiary/aromatic N) is 3. The van der Waals surface area contributed by atoms with Gasteiger partial charge in [0.15, 0.2) is 0 Å². The topological polar surface area (TPSA) is 78.2 Å². The van der Waals surface area contributed by atoms with Crippen molar-refractivity contribution in [3.05, 3.63) is 117 Å². The highest BCUT2D eigenvalue weighted by molar-refractivity contribution is 5.34. The summed E-state index contributed by atoms with van der Waals surface area (Å²) in [5.41, 5.74) is 0.710. The third-order valence-electron chi connectivity index (χ3n) is 5.47. The first-order valence-corrected chi connectivity index (χ1v) is 11.4. The molecule has 0 aliphatic heterocycles. The van der Waals surface area contributed by atoms with Crippen molar-refractivity contribution in [3.63, 3.8) is 0 Å². The molecule has 0 unspecified atom stereocenters. The maximum atomic E-state index is 13.3. The predicted octanol–water partition coefficient (Wildman–Crippen LogP) is 4.62. The lowest BCUT2D eigenvalue weighted by atomic mass is 10.1. The van der Waals surface area contributed by atoms with Gasteiger partial charge in [-0.2, -0.15) is 4.98 Å². The zero-order valence-corrected chi connectivity index (χ0v) is 19.6. The van der Waals surface area contributed by atoms with E-state index in [9.17, 15) is 14.0 Å². The largest absolute Gasteiger partial charge is 0.457 e. The van der Waals surface area contributed by atoms with Gasteiger partial charge in [-0.1, -0.05) is 42.5 Å². The van der Waals surface area contributed by atoms with Gasteiger partial charge in [0.25, 0.3) is 0 Å². The van der Waals surface area contributed by atoms with Crippen molar-refractivity contribution in [1.29, 1.82) is 0 Å². The maximum absolute atomic E-state index is 13.3. The van der Waals surface area contributed by atoms with Gasteiger partial charge in [0.1, 0.15) is 17.3 Å². The van der Waals surface area contributed by atoms with E-state index in [2.05, 4.69) is 10.3 Å². The molecule has 7 nitrogen and oxygen atoms in total. The van der Waals surface area contributed by atoms with Crippen molar-refractivity contribution in [3.8, 4) is 11.5 Å². The van der Waals surface area contributed by atoms with E-state index in [-0.39, 0.29) is 24.4 Å². The van der Waals surface area contributed by atoms with Gasteiger partial charge in [0, 0.05) is 12.6 Å². The number of ether oxygens (including phenoxy) is 1. The van der Waals surface area contributed by atoms with E-state index < -0.39 is 11.4 Å². The summed E-state index contributed by atoms with van der Waals surface area (Å²) < 4.78 is 21.7. The monoisotopic (exact) mass is 474 g/mol. The van der Waals surface area contributed by atoms with Gasteiger partial charge in [0.2, 0.25) is 5.95 Å². The quantitative estimate of drug-likeness (QED) is 0.383. The lowest BCUT2D eigenvalue weighted by Gasteiger charge is -2.17. The van der Waals surface area contributed by atoms with E-state index in [1.54, 1.807) is 26.0 Å². The van der Waals surface area contributed by atoms with E-state index >= 15 is 0 Å². The zero-order valence-electron chi connectivity index (χ0n) is 19.6. The van der Waals surface area contributed by atoms with Crippen LogP contribution in [0.5, 0.6) is 11.5 Å². The van der Waals surface area contributed by atoms with Crippen LogP contribution in [-0.4, -0.2) is 20.7 Å². The van der Waals surface area contributed by atoms with Crippen molar-refractivity contribution < 1.29 is 9.13 Å². The van der Waals surface area contributed by atoms with Crippen LogP contribution in [0.2, 0.25) is 0 Å². The molecular formula is C27H27FN4O3. The Hall–Kier alpha value is -4.20. The molecule has 8 heteroatoms. The fraction of sp³-hybridized carbons (Fsp3) is 0.222. The highest BCUT2D eigenvalue weighted by Crippen LogP contribution is 2.21. The van der Waals surface area contributed by atoms with Gasteiger partial charge < -0.3 is 10.1 Å². The summed E-state index contributed by atoms with van der Waals surface area (Å²) in [4.78, 5) is 29.7. The van der Waals surface area contributed by atoms with Crippen LogP contribution in [0.25, 0.3) is 0 Å². The van der Waals surface area contributed by atoms with Crippen LogP contribution in [0.4, 0.5) is 10.3 Å². The van der Waals surface area contributed by atoms with Gasteiger partial charge in [-0.25, -0.2) is 18.5 Å². The summed E-state index contributed by atoms with van der Waals surface area (Å²) in [6, 6.07) is 22.8. The summed E-state index contributed by atoms with van der Waals surface area (Å²) in [6.07, 6.45) is 0.644. The summed E-state index contributed by atoms with van der Waals surface area (Å²) in [5, 5.41) is 3.13. The number of nitrogens with one attached hydrogen (secondary N) is 1. The molecule has 4 aromatic rings. The molecule has 0 radical (unpaired) electrons. The van der Waals surface area contributed by atoms with Crippen molar-refractivity contribution in [2.75, 3.05) is 11.9 Å². The molecular weight excluding hydrogens is 447 g/mol. The second-order valence-electron chi connectivity index (χ2n) is 8.41. The van der Waals surface area contributed by atoms with E-state index in [0.29, 0.717) is 13.0 Å². The van der Waals surface area contributed by atoms with Crippen LogP contribution in [0.3, 0.4) is 0 Å². The molecule has 35 heavy (non-hydrogen) atoms. The third-order valence-corrected chi connectivity index (χ3v) is 5.47. The Morgan fingerprint density at radius 3 is 2.17 bits per heavy atom. The van der Waals surface area contributed by atoms with Gasteiger partial charge in [-0.05, 0) is 67.8 Å². The number of rotatable bonds is 9. The number of aromatic nitrogens is 3. The maximum Gasteiger partial charge on any atom is 0.355 e. The molecule has 4 rings (SSSR count). The van der Waals surface area contributed by atoms with Gasteiger partial charge in [-0.15, -0.1) is 0 Å². The smallest absolute Gasteiger partial charge is 0.355 e. The molecule has 1 heterocycles.